The van der Waals surface area contributed by atoms with Crippen LogP contribution in [0, 0.1) is 11.3 Å². The van der Waals surface area contributed by atoms with Crippen molar-refractivity contribution >= 4 is 34.8 Å². The molecule has 21 heteroatoms. The van der Waals surface area contributed by atoms with Gasteiger partial charge in [0, 0.05) is 0 Å². The molecule has 0 bridgehead atoms. The van der Waals surface area contributed by atoms with Crippen molar-refractivity contribution in [2.75, 3.05) is 12.3 Å². The van der Waals surface area contributed by atoms with Crippen LogP contribution in [0.15, 0.2) is 18.5 Å². The number of aliphatic hydroxyl groups is 2. The fourth-order valence-electron chi connectivity index (χ4n) is 3.06. The number of nitrogen functional groups attached to an aromatic ring is 1. The number of phosphoric acid groups is 3. The maximum atomic E-state index is 11.9. The van der Waals surface area contributed by atoms with Crippen molar-refractivity contribution < 1.29 is 66.3 Å². The molecule has 1 saturated heterocycles. The van der Waals surface area contributed by atoms with E-state index in [0.717, 1.165) is 4.52 Å². The summed E-state index contributed by atoms with van der Waals surface area (Å²) in [6.07, 6.45) is -4.29. The number of nitrogens with two attached hydrogens (primary N) is 1. The summed E-state index contributed by atoms with van der Waals surface area (Å²) < 4.78 is 52.1. The van der Waals surface area contributed by atoms with E-state index >= 15 is 0 Å². The van der Waals surface area contributed by atoms with E-state index in [0.29, 0.717) is 5.52 Å². The molecule has 0 radical (unpaired) electrons. The minimum Gasteiger partial charge on any atom is -0.387 e. The Labute approximate surface area is 183 Å². The van der Waals surface area contributed by atoms with Gasteiger partial charge in [0.15, 0.2) is 5.52 Å². The van der Waals surface area contributed by atoms with E-state index in [9.17, 15) is 34.1 Å². The molecule has 6 atom stereocenters. The lowest BCUT2D eigenvalue weighted by Crippen LogP contribution is -2.41. The Morgan fingerprint density at radius 3 is 2.48 bits per heavy atom. The molecule has 3 rings (SSSR count). The molecule has 18 nitrogen and oxygen atoms in total. The molecule has 1 fully saturated rings. The van der Waals surface area contributed by atoms with Gasteiger partial charge in [0.2, 0.25) is 17.7 Å². The molecule has 0 spiro atoms. The molecule has 1 aliphatic heterocycles. The smallest absolute Gasteiger partial charge is 0.387 e. The highest BCUT2D eigenvalue weighted by molar-refractivity contribution is 7.66. The Morgan fingerprint density at radius 1 is 1.21 bits per heavy atom. The van der Waals surface area contributed by atoms with Crippen LogP contribution in [0.1, 0.15) is 5.69 Å². The van der Waals surface area contributed by atoms with Gasteiger partial charge in [0.05, 0.1) is 6.61 Å². The summed E-state index contributed by atoms with van der Waals surface area (Å²) in [6, 6.07) is 4.48. The molecule has 0 aliphatic carbocycles. The van der Waals surface area contributed by atoms with Gasteiger partial charge in [-0.3, -0.25) is 4.52 Å². The molecule has 3 heterocycles. The maximum Gasteiger partial charge on any atom is 0.490 e. The van der Waals surface area contributed by atoms with Gasteiger partial charge in [-0.15, -0.1) is 0 Å². The molecular weight excluding hydrogens is 515 g/mol. The molecule has 2 unspecified atom stereocenters. The van der Waals surface area contributed by atoms with Crippen LogP contribution in [0.5, 0.6) is 0 Å². The van der Waals surface area contributed by atoms with Crippen molar-refractivity contribution in [2.24, 2.45) is 0 Å². The first-order valence-electron chi connectivity index (χ1n) is 8.49. The van der Waals surface area contributed by atoms with E-state index in [1.807, 2.05) is 0 Å². The fourth-order valence-corrected chi connectivity index (χ4v) is 6.09. The number of nitrogens with one attached hydrogen (secondary N) is 1. The van der Waals surface area contributed by atoms with Crippen LogP contribution in [0.2, 0.25) is 0 Å². The van der Waals surface area contributed by atoms with Crippen molar-refractivity contribution in [1.29, 1.82) is 5.26 Å². The predicted molar refractivity (Wildman–Crippen MR) is 100 cm³/mol. The highest BCUT2D eigenvalue weighted by atomic mass is 31.3. The van der Waals surface area contributed by atoms with Gasteiger partial charge < -0.3 is 40.3 Å². The highest BCUT2D eigenvalue weighted by Crippen LogP contribution is 2.66. The van der Waals surface area contributed by atoms with Crippen molar-refractivity contribution in [2.45, 2.75) is 23.9 Å². The number of aliphatic hydroxyl groups excluding tert-OH is 2. The van der Waals surface area contributed by atoms with Crippen molar-refractivity contribution in [3.63, 3.8) is 0 Å². The van der Waals surface area contributed by atoms with Crippen LogP contribution in [-0.2, 0) is 37.2 Å². The number of H-pyrrole nitrogens is 1. The largest absolute Gasteiger partial charge is 0.490 e. The summed E-state index contributed by atoms with van der Waals surface area (Å²) in [5, 5.41) is 34.6. The minimum absolute atomic E-state index is 0.0620. The number of aromatic nitrogens is 3. The summed E-state index contributed by atoms with van der Waals surface area (Å²) >= 11 is 0. The lowest BCUT2D eigenvalue weighted by molar-refractivity contribution is -0.365. The summed E-state index contributed by atoms with van der Waals surface area (Å²) in [4.78, 5) is 38.4. The summed E-state index contributed by atoms with van der Waals surface area (Å²) in [6.45, 7) is -1.09. The number of fused-ring (bicyclic) bond motifs is 1. The topological polar surface area (TPSA) is 291 Å². The van der Waals surface area contributed by atoms with E-state index in [1.54, 1.807) is 6.07 Å². The van der Waals surface area contributed by atoms with Gasteiger partial charge >= 0.3 is 23.5 Å². The second kappa shape index (κ2) is 8.77. The Balaban J connectivity index is 1.80. The second-order valence-electron chi connectivity index (χ2n) is 6.54. The van der Waals surface area contributed by atoms with Gasteiger partial charge in [-0.25, -0.2) is 18.7 Å². The number of nitrogens with zero attached hydrogens (tertiary/aromatic N) is 3. The Kier molecular flexibility index (Phi) is 6.86. The molecule has 1 aliphatic rings. The van der Waals surface area contributed by atoms with Crippen LogP contribution in [0.4, 0.5) is 5.82 Å². The van der Waals surface area contributed by atoms with Gasteiger partial charge in [0.1, 0.15) is 30.1 Å². The molecule has 0 saturated carbocycles. The molecule has 2 aromatic heterocycles. The lowest BCUT2D eigenvalue weighted by Gasteiger charge is -2.23. The third kappa shape index (κ3) is 5.32. The van der Waals surface area contributed by atoms with E-state index < -0.39 is 54.0 Å². The van der Waals surface area contributed by atoms with E-state index in [1.165, 1.54) is 18.5 Å². The van der Waals surface area contributed by atoms with Crippen molar-refractivity contribution in [3.8, 4) is 6.07 Å². The average molecular weight is 532 g/mol. The lowest BCUT2D eigenvalue weighted by atomic mass is 9.92. The van der Waals surface area contributed by atoms with E-state index in [4.69, 9.17) is 25.2 Å². The average Bonchev–Trinajstić information content (AvgIpc) is 3.20. The molecule has 33 heavy (non-hydrogen) atoms. The maximum absolute atomic E-state index is 11.9. The number of nitriles is 1. The normalized spacial score (nSPS) is 29.4. The third-order valence-corrected chi connectivity index (χ3v) is 8.15. The summed E-state index contributed by atoms with van der Waals surface area (Å²) in [5.41, 5.74) is 3.76. The van der Waals surface area contributed by atoms with Gasteiger partial charge in [0.25, 0.3) is 0 Å². The molecule has 0 amide bonds. The number of hydrogen-bond acceptors (Lipinski definition) is 12. The zero-order valence-corrected chi connectivity index (χ0v) is 18.7. The number of rotatable bonds is 8. The number of aromatic amines is 1. The molecule has 0 aromatic carbocycles. The van der Waals surface area contributed by atoms with Gasteiger partial charge in [-0.05, 0) is 17.2 Å². The monoisotopic (exact) mass is 532 g/mol. The molecule has 2 aromatic rings. The highest BCUT2D eigenvalue weighted by Gasteiger charge is 2.58. The number of ether oxygens (including phenoxy) is 1. The third-order valence-electron chi connectivity index (χ3n) is 4.35. The molecule has 182 valence electrons. The second-order valence-corrected chi connectivity index (χ2v) is 11.0. The Morgan fingerprint density at radius 2 is 1.88 bits per heavy atom. The Bertz CT molecular complexity index is 1240. The van der Waals surface area contributed by atoms with Crippen LogP contribution >= 0.6 is 23.5 Å². The minimum atomic E-state index is -5.76. The number of phosphoric ester groups is 1. The predicted octanol–water partition coefficient (Wildman–Crippen LogP) is -2.09. The quantitative estimate of drug-likeness (QED) is 0.179. The summed E-state index contributed by atoms with van der Waals surface area (Å²) in [7, 11) is -16.9. The van der Waals surface area contributed by atoms with Gasteiger partial charge in [-0.2, -0.15) is 18.4 Å². The number of anilines is 1. The standard InChI is InChI=1S/C12H16N5O13P3/c13-4-12(8-2-1-6-11(14)15-5-16-17(6)8)10(19)9(18)7(28-12)3-27-32(23,24)30-33(25,26)29-31(20,21)22/h1-2,5,7,9-10,18-19H,3H2,(H,23,24)(H,25,26)(H2,14,15,16)(H2,20,21,22)/p+1/t7-,9-,10-,12+/m1/s1. The SMILES string of the molecule is N#C[C@@]1(c2ccc3c(N)[nH+]cnn23)O[C@H](COP(=O)(O)OP(=O)(O)OP(=O)(O)O)[C@@H](O)[C@H]1O. The zero-order chi connectivity index (χ0) is 24.8. The van der Waals surface area contributed by atoms with E-state index in [-0.39, 0.29) is 11.5 Å². The number of hydrogen-bond donors (Lipinski definition) is 7. The zero-order valence-electron chi connectivity index (χ0n) is 16.0. The van der Waals surface area contributed by atoms with Crippen LogP contribution in [-0.4, -0.2) is 64.3 Å². The summed E-state index contributed by atoms with van der Waals surface area (Å²) in [5.74, 6) is 0.154. The van der Waals surface area contributed by atoms with Crippen LogP contribution in [0.25, 0.3) is 5.52 Å². The van der Waals surface area contributed by atoms with Gasteiger partial charge in [-0.1, -0.05) is 0 Å². The molecular formula is C12H17N5O13P3+. The fraction of sp³-hybridized carbons (Fsp3) is 0.417. The van der Waals surface area contributed by atoms with Crippen LogP contribution in [0.3, 0.4) is 0 Å². The van der Waals surface area contributed by atoms with Crippen molar-refractivity contribution in [1.82, 2.24) is 9.61 Å². The van der Waals surface area contributed by atoms with E-state index in [2.05, 4.69) is 23.2 Å². The first kappa shape index (κ1) is 25.8. The molecule has 9 N–H and O–H groups in total. The first-order chi connectivity index (χ1) is 15.1. The van der Waals surface area contributed by atoms with Crippen molar-refractivity contribution in [3.05, 3.63) is 24.2 Å². The van der Waals surface area contributed by atoms with Crippen LogP contribution < -0.4 is 10.7 Å². The first-order valence-corrected chi connectivity index (χ1v) is 13.0. The Hall–Kier alpha value is -1.80.